The molecular weight excluding hydrogens is 434 g/mol. The lowest BCUT2D eigenvalue weighted by Crippen LogP contribution is -2.28. The summed E-state index contributed by atoms with van der Waals surface area (Å²) in [6.07, 6.45) is 3.46. The summed E-state index contributed by atoms with van der Waals surface area (Å²) in [7, 11) is -3.70. The number of benzene rings is 1. The zero-order chi connectivity index (χ0) is 20.6. The number of rotatable bonds is 6. The summed E-state index contributed by atoms with van der Waals surface area (Å²) in [5.74, 6) is -0.318. The maximum atomic E-state index is 12.8. The number of halogens is 1. The van der Waals surface area contributed by atoms with Gasteiger partial charge in [0.25, 0.3) is 5.91 Å². The quantitative estimate of drug-likeness (QED) is 0.695. The molecule has 0 bridgehead atoms. The highest BCUT2D eigenvalue weighted by Gasteiger charge is 2.30. The molecule has 2 amide bonds. The zero-order valence-corrected chi connectivity index (χ0v) is 17.9. The van der Waals surface area contributed by atoms with Crippen LogP contribution in [-0.4, -0.2) is 37.6 Å². The first kappa shape index (κ1) is 20.3. The lowest BCUT2D eigenvalue weighted by Gasteiger charge is -2.17. The summed E-state index contributed by atoms with van der Waals surface area (Å²) < 4.78 is 27.1. The van der Waals surface area contributed by atoms with Crippen molar-refractivity contribution in [3.05, 3.63) is 40.2 Å². The fraction of sp³-hybridized carbons (Fsp3) is 0.368. The largest absolute Gasteiger partial charge is 0.321 e. The molecule has 2 aliphatic rings. The monoisotopic (exact) mass is 453 g/mol. The fourth-order valence-electron chi connectivity index (χ4n) is 3.14. The topological polar surface area (TPSA) is 95.6 Å². The first-order chi connectivity index (χ1) is 13.8. The van der Waals surface area contributed by atoms with E-state index in [-0.39, 0.29) is 27.7 Å². The van der Waals surface area contributed by atoms with Crippen LogP contribution in [0.4, 0.5) is 10.7 Å². The van der Waals surface area contributed by atoms with Crippen molar-refractivity contribution in [1.29, 1.82) is 0 Å². The molecule has 10 heteroatoms. The number of anilines is 2. The van der Waals surface area contributed by atoms with E-state index in [4.69, 9.17) is 11.6 Å². The minimum atomic E-state index is -3.70. The van der Waals surface area contributed by atoms with Gasteiger partial charge in [-0.1, -0.05) is 11.6 Å². The molecule has 2 fully saturated rings. The van der Waals surface area contributed by atoms with Crippen molar-refractivity contribution >= 4 is 55.5 Å². The van der Waals surface area contributed by atoms with E-state index in [2.05, 4.69) is 10.6 Å². The smallest absolute Gasteiger partial charge is 0.265 e. The molecule has 2 aromatic rings. The van der Waals surface area contributed by atoms with E-state index >= 15 is 0 Å². The normalized spacial score (nSPS) is 17.3. The second kappa shape index (κ2) is 8.06. The highest BCUT2D eigenvalue weighted by Crippen LogP contribution is 2.32. The molecule has 1 aromatic heterocycles. The third kappa shape index (κ3) is 4.48. The van der Waals surface area contributed by atoms with Crippen LogP contribution in [0.2, 0.25) is 5.02 Å². The van der Waals surface area contributed by atoms with Gasteiger partial charge in [-0.05, 0) is 56.0 Å². The Hall–Kier alpha value is -1.94. The third-order valence-electron chi connectivity index (χ3n) is 4.90. The van der Waals surface area contributed by atoms with Crippen LogP contribution in [0.5, 0.6) is 0 Å². The van der Waals surface area contributed by atoms with Gasteiger partial charge >= 0.3 is 0 Å². The maximum Gasteiger partial charge on any atom is 0.265 e. The van der Waals surface area contributed by atoms with Crippen molar-refractivity contribution in [2.45, 2.75) is 30.6 Å². The summed E-state index contributed by atoms with van der Waals surface area (Å²) in [5, 5.41) is 6.25. The third-order valence-corrected chi connectivity index (χ3v) is 8.28. The Bertz CT molecular complexity index is 1060. The summed E-state index contributed by atoms with van der Waals surface area (Å²) in [4.78, 5) is 24.8. The Morgan fingerprint density at radius 2 is 1.79 bits per heavy atom. The number of sulfonamides is 1. The fourth-order valence-corrected chi connectivity index (χ4v) is 5.96. The average molecular weight is 454 g/mol. The molecule has 2 N–H and O–H groups in total. The van der Waals surface area contributed by atoms with Gasteiger partial charge in [-0.2, -0.15) is 4.31 Å². The molecule has 0 radical (unpaired) electrons. The van der Waals surface area contributed by atoms with Crippen LogP contribution in [0.1, 0.15) is 35.4 Å². The molecule has 1 aromatic carbocycles. The summed E-state index contributed by atoms with van der Waals surface area (Å²) in [5.41, 5.74) is 0.342. The molecule has 2 heterocycles. The molecule has 4 rings (SSSR count). The van der Waals surface area contributed by atoms with Gasteiger partial charge in [0.15, 0.2) is 0 Å². The summed E-state index contributed by atoms with van der Waals surface area (Å²) in [6, 6.07) is 7.73. The number of amides is 2. The van der Waals surface area contributed by atoms with E-state index in [0.717, 1.165) is 25.7 Å². The second-order valence-electron chi connectivity index (χ2n) is 7.14. The first-order valence-electron chi connectivity index (χ1n) is 9.36. The van der Waals surface area contributed by atoms with Crippen LogP contribution in [0.3, 0.4) is 0 Å². The number of nitrogens with zero attached hydrogens (tertiary/aromatic N) is 1. The molecule has 0 unspecified atom stereocenters. The van der Waals surface area contributed by atoms with Crippen LogP contribution in [-0.2, 0) is 14.8 Å². The predicted molar refractivity (Wildman–Crippen MR) is 113 cm³/mol. The van der Waals surface area contributed by atoms with Crippen LogP contribution in [0, 0.1) is 5.92 Å². The molecule has 0 atom stereocenters. The molecule has 29 heavy (non-hydrogen) atoms. The van der Waals surface area contributed by atoms with Gasteiger partial charge in [0.1, 0.15) is 4.90 Å². The van der Waals surface area contributed by atoms with E-state index in [1.807, 2.05) is 0 Å². The molecule has 0 spiro atoms. The number of thiophene rings is 1. The molecule has 7 nitrogen and oxygen atoms in total. The molecule has 154 valence electrons. The van der Waals surface area contributed by atoms with E-state index in [0.29, 0.717) is 28.7 Å². The van der Waals surface area contributed by atoms with Gasteiger partial charge in [0, 0.05) is 24.7 Å². The van der Waals surface area contributed by atoms with E-state index in [1.165, 1.54) is 27.8 Å². The van der Waals surface area contributed by atoms with Gasteiger partial charge in [0.05, 0.1) is 14.9 Å². The molecular formula is C19H20ClN3O4S2. The minimum Gasteiger partial charge on any atom is -0.321 e. The molecule has 1 saturated carbocycles. The standard InChI is InChI=1S/C19H20ClN3O4S2/c20-14-6-5-13(11-16(14)29(26,27)23-9-1-2-10-23)21-19(25)15-7-8-17(28-15)22-18(24)12-3-4-12/h5-8,11-12H,1-4,9-10H2,(H,21,25)(H,22,24). The SMILES string of the molecule is O=C(Nc1ccc(Cl)c(S(=O)(=O)N2CCCC2)c1)c1ccc(NC(=O)C2CC2)s1. The maximum absolute atomic E-state index is 12.8. The molecule has 1 aliphatic carbocycles. The minimum absolute atomic E-state index is 0.0116. The van der Waals surface area contributed by atoms with Crippen LogP contribution in [0.15, 0.2) is 35.2 Å². The Balaban J connectivity index is 1.48. The Labute approximate surface area is 178 Å². The molecule has 1 aliphatic heterocycles. The number of nitrogens with one attached hydrogen (secondary N) is 2. The van der Waals surface area contributed by atoms with Crippen LogP contribution in [0.25, 0.3) is 0 Å². The predicted octanol–water partition coefficient (Wildman–Crippen LogP) is 3.79. The van der Waals surface area contributed by atoms with Crippen molar-refractivity contribution in [1.82, 2.24) is 4.31 Å². The highest BCUT2D eigenvalue weighted by molar-refractivity contribution is 7.89. The van der Waals surface area contributed by atoms with E-state index < -0.39 is 10.0 Å². The average Bonchev–Trinajstić information content (AvgIpc) is 3.18. The van der Waals surface area contributed by atoms with Gasteiger partial charge in [-0.15, -0.1) is 11.3 Å². The van der Waals surface area contributed by atoms with E-state index in [9.17, 15) is 18.0 Å². The zero-order valence-electron chi connectivity index (χ0n) is 15.5. The van der Waals surface area contributed by atoms with Crippen molar-refractivity contribution in [2.24, 2.45) is 5.92 Å². The van der Waals surface area contributed by atoms with Gasteiger partial charge < -0.3 is 10.6 Å². The Morgan fingerprint density at radius 1 is 1.07 bits per heavy atom. The van der Waals surface area contributed by atoms with Crippen LogP contribution >= 0.6 is 22.9 Å². The van der Waals surface area contributed by atoms with E-state index in [1.54, 1.807) is 18.2 Å². The van der Waals surface area contributed by atoms with Crippen molar-refractivity contribution < 1.29 is 18.0 Å². The number of carbonyl (C=O) groups excluding carboxylic acids is 2. The van der Waals surface area contributed by atoms with Crippen molar-refractivity contribution in [3.8, 4) is 0 Å². The summed E-state index contributed by atoms with van der Waals surface area (Å²) >= 11 is 7.31. The number of hydrogen-bond acceptors (Lipinski definition) is 5. The second-order valence-corrected chi connectivity index (χ2v) is 10.5. The lowest BCUT2D eigenvalue weighted by molar-refractivity contribution is -0.117. The Morgan fingerprint density at radius 3 is 2.48 bits per heavy atom. The molecule has 1 saturated heterocycles. The van der Waals surface area contributed by atoms with Crippen molar-refractivity contribution in [2.75, 3.05) is 23.7 Å². The van der Waals surface area contributed by atoms with Crippen molar-refractivity contribution in [3.63, 3.8) is 0 Å². The first-order valence-corrected chi connectivity index (χ1v) is 12.0. The number of hydrogen-bond donors (Lipinski definition) is 2. The lowest BCUT2D eigenvalue weighted by atomic mass is 10.3. The van der Waals surface area contributed by atoms with Gasteiger partial charge in [-0.3, -0.25) is 9.59 Å². The van der Waals surface area contributed by atoms with Gasteiger partial charge in [-0.25, -0.2) is 8.42 Å². The summed E-state index contributed by atoms with van der Waals surface area (Å²) in [6.45, 7) is 0.944. The number of carbonyl (C=O) groups is 2. The highest BCUT2D eigenvalue weighted by atomic mass is 35.5. The van der Waals surface area contributed by atoms with Crippen LogP contribution < -0.4 is 10.6 Å². The van der Waals surface area contributed by atoms with Gasteiger partial charge in [0.2, 0.25) is 15.9 Å². The Kier molecular flexibility index (Phi) is 5.65.